The van der Waals surface area contributed by atoms with Crippen molar-refractivity contribution >= 4 is 28.9 Å². The Bertz CT molecular complexity index is 455. The van der Waals surface area contributed by atoms with E-state index in [9.17, 15) is 4.79 Å². The number of nitrogens with one attached hydrogen (secondary N) is 2. The van der Waals surface area contributed by atoms with Crippen molar-refractivity contribution in [3.8, 4) is 0 Å². The van der Waals surface area contributed by atoms with Crippen LogP contribution in [0.25, 0.3) is 0 Å². The Morgan fingerprint density at radius 3 is 3.00 bits per heavy atom. The van der Waals surface area contributed by atoms with Crippen molar-refractivity contribution in [2.75, 3.05) is 23.8 Å². The van der Waals surface area contributed by atoms with Crippen molar-refractivity contribution in [1.29, 1.82) is 0 Å². The van der Waals surface area contributed by atoms with Crippen molar-refractivity contribution in [2.45, 2.75) is 12.0 Å². The predicted octanol–water partition coefficient (Wildman–Crippen LogP) is 1.86. The van der Waals surface area contributed by atoms with Crippen molar-refractivity contribution in [1.82, 2.24) is 0 Å². The number of hydrogen-bond donors (Lipinski definition) is 2. The van der Waals surface area contributed by atoms with Gasteiger partial charge in [-0.25, -0.2) is 0 Å². The summed E-state index contributed by atoms with van der Waals surface area (Å²) in [5.74, 6) is -0.0419. The molecule has 84 valence electrons. The molecule has 16 heavy (non-hydrogen) atoms. The molecule has 4 nitrogen and oxygen atoms in total. The van der Waals surface area contributed by atoms with E-state index in [1.165, 1.54) is 0 Å². The molecule has 0 saturated carbocycles. The standard InChI is InChI=1S/C11H11ClN2O2/c12-7-1-2-8-9(5-7)13-10(15)11(14-8)3-4-16-6-11/h1-2,5,14H,3-4,6H2,(H,13,15). The largest absolute Gasteiger partial charge is 0.378 e. The number of hydrogen-bond acceptors (Lipinski definition) is 3. The SMILES string of the molecule is O=C1Nc2cc(Cl)ccc2NC12CCOC2. The average Bonchev–Trinajstić information content (AvgIpc) is 2.70. The minimum absolute atomic E-state index is 0.0419. The number of benzene rings is 1. The molecule has 1 saturated heterocycles. The molecule has 0 aromatic heterocycles. The molecule has 2 aliphatic rings. The first kappa shape index (κ1) is 9.93. The third-order valence-corrected chi connectivity index (χ3v) is 3.30. The van der Waals surface area contributed by atoms with Crippen molar-refractivity contribution < 1.29 is 9.53 Å². The summed E-state index contributed by atoms with van der Waals surface area (Å²) in [6.45, 7) is 1.03. The minimum atomic E-state index is -0.596. The molecule has 2 heterocycles. The van der Waals surface area contributed by atoms with E-state index in [2.05, 4.69) is 10.6 Å². The molecule has 1 aromatic rings. The van der Waals surface area contributed by atoms with Gasteiger partial charge in [-0.05, 0) is 18.2 Å². The van der Waals surface area contributed by atoms with E-state index in [4.69, 9.17) is 16.3 Å². The van der Waals surface area contributed by atoms with Gasteiger partial charge in [0.2, 0.25) is 0 Å². The smallest absolute Gasteiger partial charge is 0.252 e. The summed E-state index contributed by atoms with van der Waals surface area (Å²) in [6.07, 6.45) is 0.695. The van der Waals surface area contributed by atoms with E-state index >= 15 is 0 Å². The molecule has 1 unspecified atom stereocenters. The molecule has 1 fully saturated rings. The number of fused-ring (bicyclic) bond motifs is 1. The average molecular weight is 239 g/mol. The lowest BCUT2D eigenvalue weighted by atomic mass is 9.94. The maximum absolute atomic E-state index is 12.0. The van der Waals surface area contributed by atoms with Gasteiger partial charge in [-0.15, -0.1) is 0 Å². The summed E-state index contributed by atoms with van der Waals surface area (Å²) < 4.78 is 5.30. The third kappa shape index (κ3) is 1.37. The van der Waals surface area contributed by atoms with E-state index in [0.717, 1.165) is 11.4 Å². The molecule has 0 bridgehead atoms. The third-order valence-electron chi connectivity index (χ3n) is 3.06. The number of rotatable bonds is 0. The highest BCUT2D eigenvalue weighted by atomic mass is 35.5. The van der Waals surface area contributed by atoms with Crippen LogP contribution in [0.1, 0.15) is 6.42 Å². The molecule has 2 aliphatic heterocycles. The first-order valence-corrected chi connectivity index (χ1v) is 5.54. The Kier molecular flexibility index (Phi) is 2.09. The van der Waals surface area contributed by atoms with Gasteiger partial charge in [0.15, 0.2) is 0 Å². The normalized spacial score (nSPS) is 27.4. The Hall–Kier alpha value is -1.26. The van der Waals surface area contributed by atoms with E-state index in [1.807, 2.05) is 6.07 Å². The first-order chi connectivity index (χ1) is 7.70. The molecule has 0 aliphatic carbocycles. The van der Waals surface area contributed by atoms with Gasteiger partial charge >= 0.3 is 0 Å². The number of carbonyl (C=O) groups is 1. The van der Waals surface area contributed by atoms with Crippen LogP contribution in [0.2, 0.25) is 5.02 Å². The zero-order valence-corrected chi connectivity index (χ0v) is 9.30. The van der Waals surface area contributed by atoms with Crippen LogP contribution in [-0.4, -0.2) is 24.7 Å². The highest BCUT2D eigenvalue weighted by Crippen LogP contribution is 2.36. The topological polar surface area (TPSA) is 50.4 Å². The van der Waals surface area contributed by atoms with Crippen LogP contribution < -0.4 is 10.6 Å². The van der Waals surface area contributed by atoms with Gasteiger partial charge in [0.25, 0.3) is 5.91 Å². The maximum atomic E-state index is 12.0. The highest BCUT2D eigenvalue weighted by Gasteiger charge is 2.45. The number of amides is 1. The summed E-state index contributed by atoms with van der Waals surface area (Å²) in [6, 6.07) is 5.41. The van der Waals surface area contributed by atoms with Crippen molar-refractivity contribution in [2.24, 2.45) is 0 Å². The van der Waals surface area contributed by atoms with Crippen molar-refractivity contribution in [3.05, 3.63) is 23.2 Å². The van der Waals surface area contributed by atoms with Gasteiger partial charge < -0.3 is 15.4 Å². The van der Waals surface area contributed by atoms with E-state index in [0.29, 0.717) is 24.7 Å². The summed E-state index contributed by atoms with van der Waals surface area (Å²) >= 11 is 5.87. The lowest BCUT2D eigenvalue weighted by molar-refractivity contribution is -0.120. The molecule has 1 spiro atoms. The number of carbonyl (C=O) groups excluding carboxylic acids is 1. The van der Waals surface area contributed by atoms with Gasteiger partial charge in [-0.1, -0.05) is 11.6 Å². The van der Waals surface area contributed by atoms with Crippen LogP contribution in [-0.2, 0) is 9.53 Å². The van der Waals surface area contributed by atoms with Crippen LogP contribution in [0.5, 0.6) is 0 Å². The summed E-state index contributed by atoms with van der Waals surface area (Å²) in [5, 5.41) is 6.73. The molecular weight excluding hydrogens is 228 g/mol. The molecule has 1 amide bonds. The maximum Gasteiger partial charge on any atom is 0.252 e. The second-order valence-electron chi connectivity index (χ2n) is 4.15. The Labute approximate surface area is 97.9 Å². The molecule has 2 N–H and O–H groups in total. The van der Waals surface area contributed by atoms with Crippen LogP contribution >= 0.6 is 11.6 Å². The van der Waals surface area contributed by atoms with Gasteiger partial charge in [0.05, 0.1) is 18.0 Å². The van der Waals surface area contributed by atoms with Gasteiger partial charge in [0.1, 0.15) is 5.54 Å². The lowest BCUT2D eigenvalue weighted by Crippen LogP contribution is -2.53. The first-order valence-electron chi connectivity index (χ1n) is 5.17. The molecule has 1 atom stereocenters. The van der Waals surface area contributed by atoms with Crippen LogP contribution in [0.15, 0.2) is 18.2 Å². The highest BCUT2D eigenvalue weighted by molar-refractivity contribution is 6.31. The zero-order chi connectivity index (χ0) is 11.2. The van der Waals surface area contributed by atoms with Crippen LogP contribution in [0.3, 0.4) is 0 Å². The lowest BCUT2D eigenvalue weighted by Gasteiger charge is -2.34. The molecule has 3 rings (SSSR count). The van der Waals surface area contributed by atoms with Gasteiger partial charge in [0, 0.05) is 18.1 Å². The fraction of sp³-hybridized carbons (Fsp3) is 0.364. The molecule has 5 heteroatoms. The molecule has 0 radical (unpaired) electrons. The number of ether oxygens (including phenoxy) is 1. The second kappa shape index (κ2) is 3.37. The molecular formula is C11H11ClN2O2. The zero-order valence-electron chi connectivity index (χ0n) is 8.55. The van der Waals surface area contributed by atoms with E-state index in [1.54, 1.807) is 12.1 Å². The number of anilines is 2. The van der Waals surface area contributed by atoms with Crippen molar-refractivity contribution in [3.63, 3.8) is 0 Å². The Morgan fingerprint density at radius 1 is 1.38 bits per heavy atom. The Balaban J connectivity index is 2.01. The second-order valence-corrected chi connectivity index (χ2v) is 4.59. The fourth-order valence-electron chi connectivity index (χ4n) is 2.13. The van der Waals surface area contributed by atoms with Gasteiger partial charge in [-0.3, -0.25) is 4.79 Å². The van der Waals surface area contributed by atoms with E-state index in [-0.39, 0.29) is 5.91 Å². The molecule has 1 aromatic carbocycles. The quantitative estimate of drug-likeness (QED) is 0.726. The fourth-order valence-corrected chi connectivity index (χ4v) is 2.30. The van der Waals surface area contributed by atoms with E-state index < -0.39 is 5.54 Å². The predicted molar refractivity (Wildman–Crippen MR) is 61.9 cm³/mol. The minimum Gasteiger partial charge on any atom is -0.378 e. The Morgan fingerprint density at radius 2 is 2.25 bits per heavy atom. The van der Waals surface area contributed by atoms with Crippen LogP contribution in [0.4, 0.5) is 11.4 Å². The number of halogens is 1. The van der Waals surface area contributed by atoms with Crippen LogP contribution in [0, 0.1) is 0 Å². The monoisotopic (exact) mass is 238 g/mol. The summed E-state index contributed by atoms with van der Waals surface area (Å²) in [5.41, 5.74) is 1.03. The summed E-state index contributed by atoms with van der Waals surface area (Å²) in [7, 11) is 0. The summed E-state index contributed by atoms with van der Waals surface area (Å²) in [4.78, 5) is 12.0. The van der Waals surface area contributed by atoms with Gasteiger partial charge in [-0.2, -0.15) is 0 Å².